The van der Waals surface area contributed by atoms with Crippen LogP contribution in [0.3, 0.4) is 0 Å². The molecule has 1 rings (SSSR count). The predicted octanol–water partition coefficient (Wildman–Crippen LogP) is -1.16. The van der Waals surface area contributed by atoms with Gasteiger partial charge >= 0.3 is 5.97 Å². The van der Waals surface area contributed by atoms with E-state index >= 15 is 0 Å². The number of nitrogens with one attached hydrogen (secondary N) is 1. The Labute approximate surface area is 80.0 Å². The first-order chi connectivity index (χ1) is 6.63. The van der Waals surface area contributed by atoms with Gasteiger partial charge in [0.1, 0.15) is 0 Å². The van der Waals surface area contributed by atoms with Gasteiger partial charge in [-0.15, -0.1) is 0 Å². The van der Waals surface area contributed by atoms with E-state index in [-0.39, 0.29) is 12.1 Å². The summed E-state index contributed by atoms with van der Waals surface area (Å²) in [6.45, 7) is 0.289. The molecule has 0 saturated heterocycles. The fraction of sp³-hybridized carbons (Fsp3) is 0.143. The molecule has 0 aliphatic rings. The topological polar surface area (TPSA) is 119 Å². The normalized spacial score (nSPS) is 11.4. The number of carboxylic acid groups (broad SMARTS) is 1. The van der Waals surface area contributed by atoms with Crippen LogP contribution in [0.1, 0.15) is 10.4 Å². The fourth-order valence-electron chi connectivity index (χ4n) is 0.900. The van der Waals surface area contributed by atoms with Gasteiger partial charge in [-0.3, -0.25) is 10.5 Å². The van der Waals surface area contributed by atoms with Gasteiger partial charge in [0.2, 0.25) is 0 Å². The molecule has 6 N–H and O–H groups in total. The SMILES string of the molecule is NN/C=C(\N)Cn1cc(C(=O)O)cn1. The number of carbonyl (C=O) groups is 1. The molecule has 0 bridgehead atoms. The Balaban J connectivity index is 2.69. The van der Waals surface area contributed by atoms with Crippen LogP contribution in [0.2, 0.25) is 0 Å². The second kappa shape index (κ2) is 4.28. The molecule has 0 fully saturated rings. The van der Waals surface area contributed by atoms with Gasteiger partial charge in [0.15, 0.2) is 0 Å². The van der Waals surface area contributed by atoms with Crippen LogP contribution in [0.4, 0.5) is 0 Å². The molecule has 1 aromatic rings. The summed E-state index contributed by atoms with van der Waals surface area (Å²) in [6, 6.07) is 0. The van der Waals surface area contributed by atoms with E-state index in [1.807, 2.05) is 0 Å². The van der Waals surface area contributed by atoms with E-state index in [0.29, 0.717) is 5.70 Å². The van der Waals surface area contributed by atoms with E-state index < -0.39 is 5.97 Å². The van der Waals surface area contributed by atoms with Gasteiger partial charge in [0.25, 0.3) is 0 Å². The molecule has 7 nitrogen and oxygen atoms in total. The van der Waals surface area contributed by atoms with Gasteiger partial charge in [-0.1, -0.05) is 0 Å². The number of nitrogens with zero attached hydrogens (tertiary/aromatic N) is 2. The van der Waals surface area contributed by atoms with Crippen molar-refractivity contribution in [2.45, 2.75) is 6.54 Å². The molecule has 0 atom stereocenters. The number of hydrazine groups is 1. The third kappa shape index (κ3) is 2.49. The molecule has 0 aliphatic heterocycles. The van der Waals surface area contributed by atoms with Crippen LogP contribution in [-0.2, 0) is 6.54 Å². The van der Waals surface area contributed by atoms with Gasteiger partial charge in [0, 0.05) is 18.1 Å². The van der Waals surface area contributed by atoms with E-state index in [1.165, 1.54) is 23.3 Å². The van der Waals surface area contributed by atoms with Crippen molar-refractivity contribution in [1.29, 1.82) is 0 Å². The van der Waals surface area contributed by atoms with Crippen LogP contribution in [0, 0.1) is 0 Å². The predicted molar refractivity (Wildman–Crippen MR) is 48.8 cm³/mol. The lowest BCUT2D eigenvalue weighted by Gasteiger charge is -2.00. The summed E-state index contributed by atoms with van der Waals surface area (Å²) in [5.74, 6) is 3.99. The first kappa shape index (κ1) is 10.1. The van der Waals surface area contributed by atoms with E-state index in [0.717, 1.165) is 0 Å². The van der Waals surface area contributed by atoms with Crippen molar-refractivity contribution < 1.29 is 9.90 Å². The second-order valence-corrected chi connectivity index (χ2v) is 2.62. The zero-order chi connectivity index (χ0) is 10.6. The molecule has 14 heavy (non-hydrogen) atoms. The number of hydrogen-bond donors (Lipinski definition) is 4. The maximum absolute atomic E-state index is 10.5. The van der Waals surface area contributed by atoms with Gasteiger partial charge in [0.05, 0.1) is 18.3 Å². The fourth-order valence-corrected chi connectivity index (χ4v) is 0.900. The lowest BCUT2D eigenvalue weighted by molar-refractivity contribution is 0.0697. The Morgan fingerprint density at radius 1 is 1.79 bits per heavy atom. The lowest BCUT2D eigenvalue weighted by Crippen LogP contribution is -2.19. The highest BCUT2D eigenvalue weighted by atomic mass is 16.4. The summed E-state index contributed by atoms with van der Waals surface area (Å²) in [6.07, 6.45) is 4.05. The summed E-state index contributed by atoms with van der Waals surface area (Å²) in [5, 5.41) is 12.4. The van der Waals surface area contributed by atoms with Crippen molar-refractivity contribution in [3.63, 3.8) is 0 Å². The highest BCUT2D eigenvalue weighted by molar-refractivity contribution is 5.86. The van der Waals surface area contributed by atoms with Crippen molar-refractivity contribution in [1.82, 2.24) is 15.2 Å². The van der Waals surface area contributed by atoms with E-state index in [9.17, 15) is 4.79 Å². The van der Waals surface area contributed by atoms with Crippen LogP contribution in [0.25, 0.3) is 0 Å². The zero-order valence-electron chi connectivity index (χ0n) is 7.34. The third-order valence-corrected chi connectivity index (χ3v) is 1.49. The van der Waals surface area contributed by atoms with Crippen LogP contribution < -0.4 is 17.0 Å². The first-order valence-corrected chi connectivity index (χ1v) is 3.80. The van der Waals surface area contributed by atoms with Crippen molar-refractivity contribution >= 4 is 5.97 Å². The van der Waals surface area contributed by atoms with Gasteiger partial charge in [-0.25, -0.2) is 4.79 Å². The zero-order valence-corrected chi connectivity index (χ0v) is 7.34. The Kier molecular flexibility index (Phi) is 3.08. The molecular weight excluding hydrogens is 186 g/mol. The van der Waals surface area contributed by atoms with Gasteiger partial charge < -0.3 is 16.3 Å². The molecule has 1 aromatic heterocycles. The maximum atomic E-state index is 10.5. The highest BCUT2D eigenvalue weighted by Gasteiger charge is 2.05. The van der Waals surface area contributed by atoms with Crippen LogP contribution in [-0.4, -0.2) is 20.9 Å². The Hall–Kier alpha value is -2.02. The Morgan fingerprint density at radius 3 is 3.00 bits per heavy atom. The highest BCUT2D eigenvalue weighted by Crippen LogP contribution is 1.98. The molecule has 0 amide bonds. The van der Waals surface area contributed by atoms with Crippen molar-refractivity contribution in [2.75, 3.05) is 0 Å². The minimum absolute atomic E-state index is 0.124. The number of carboxylic acids is 1. The summed E-state index contributed by atoms with van der Waals surface area (Å²) >= 11 is 0. The van der Waals surface area contributed by atoms with Crippen LogP contribution in [0.15, 0.2) is 24.3 Å². The number of allylic oxidation sites excluding steroid dienone is 1. The number of nitrogens with two attached hydrogens (primary N) is 2. The third-order valence-electron chi connectivity index (χ3n) is 1.49. The van der Waals surface area contributed by atoms with Crippen molar-refractivity contribution in [2.24, 2.45) is 11.6 Å². The molecular formula is C7H11N5O2. The molecule has 76 valence electrons. The molecule has 0 aromatic carbocycles. The molecule has 0 spiro atoms. The quantitative estimate of drug-likeness (QED) is 0.357. The van der Waals surface area contributed by atoms with E-state index in [1.54, 1.807) is 0 Å². The number of aromatic nitrogens is 2. The molecule has 7 heteroatoms. The average Bonchev–Trinajstić information content (AvgIpc) is 2.53. The van der Waals surface area contributed by atoms with Crippen LogP contribution in [0.5, 0.6) is 0 Å². The number of hydrogen-bond acceptors (Lipinski definition) is 5. The lowest BCUT2D eigenvalue weighted by atomic mass is 10.4. The molecule has 0 saturated carbocycles. The molecule has 0 radical (unpaired) electrons. The van der Waals surface area contributed by atoms with Gasteiger partial charge in [-0.2, -0.15) is 5.10 Å². The Morgan fingerprint density at radius 2 is 2.50 bits per heavy atom. The van der Waals surface area contributed by atoms with Crippen molar-refractivity contribution in [3.05, 3.63) is 29.9 Å². The van der Waals surface area contributed by atoms with Gasteiger partial charge in [-0.05, 0) is 0 Å². The summed E-state index contributed by atoms with van der Waals surface area (Å²) < 4.78 is 1.41. The summed E-state index contributed by atoms with van der Waals surface area (Å²) in [4.78, 5) is 10.5. The first-order valence-electron chi connectivity index (χ1n) is 3.80. The smallest absolute Gasteiger partial charge is 0.338 e. The second-order valence-electron chi connectivity index (χ2n) is 2.62. The molecule has 1 heterocycles. The largest absolute Gasteiger partial charge is 0.478 e. The van der Waals surface area contributed by atoms with E-state index in [2.05, 4.69) is 10.5 Å². The number of rotatable bonds is 4. The standard InChI is InChI=1S/C7H11N5O2/c8-6(2-10-9)4-12-3-5(1-11-12)7(13)14/h1-3,10H,4,8-9H2,(H,13,14)/b6-2-. The minimum Gasteiger partial charge on any atom is -0.478 e. The minimum atomic E-state index is -1.02. The van der Waals surface area contributed by atoms with E-state index in [4.69, 9.17) is 16.7 Å². The molecule has 0 unspecified atom stereocenters. The van der Waals surface area contributed by atoms with Crippen molar-refractivity contribution in [3.8, 4) is 0 Å². The average molecular weight is 197 g/mol. The maximum Gasteiger partial charge on any atom is 0.338 e. The monoisotopic (exact) mass is 197 g/mol. The Bertz CT molecular complexity index is 357. The van der Waals surface area contributed by atoms with Crippen LogP contribution >= 0.6 is 0 Å². The summed E-state index contributed by atoms with van der Waals surface area (Å²) in [5.41, 5.74) is 8.36. The number of aromatic carboxylic acids is 1. The summed E-state index contributed by atoms with van der Waals surface area (Å²) in [7, 11) is 0. The molecule has 0 aliphatic carbocycles.